The largest absolute Gasteiger partial charge is 0.463 e. The number of hydrogen-bond donors (Lipinski definition) is 2. The summed E-state index contributed by atoms with van der Waals surface area (Å²) in [7, 11) is 0. The number of allylic oxidation sites excluding steroid dienone is 1. The van der Waals surface area contributed by atoms with Crippen LogP contribution < -0.4 is 10.6 Å². The summed E-state index contributed by atoms with van der Waals surface area (Å²) in [5.41, 5.74) is 2.25. The number of carbonyl (C=O) groups excluding carboxylic acids is 2. The van der Waals surface area contributed by atoms with Gasteiger partial charge in [-0.3, -0.25) is 4.79 Å². The second-order valence-electron chi connectivity index (χ2n) is 8.90. The summed E-state index contributed by atoms with van der Waals surface area (Å²) >= 11 is 6.64. The zero-order chi connectivity index (χ0) is 27.9. The topological polar surface area (TPSA) is 120 Å². The van der Waals surface area contributed by atoms with E-state index in [1.165, 1.54) is 0 Å². The van der Waals surface area contributed by atoms with Crippen LogP contribution in [0.15, 0.2) is 71.2 Å². The number of nitrogens with zero attached hydrogens (tertiary/aromatic N) is 4. The second-order valence-corrected chi connectivity index (χ2v) is 9.31. The smallest absolute Gasteiger partial charge is 0.336 e. The molecule has 2 N–H and O–H groups in total. The number of halogens is 1. The van der Waals surface area contributed by atoms with Crippen molar-refractivity contribution in [2.24, 2.45) is 0 Å². The van der Waals surface area contributed by atoms with Crippen LogP contribution in [-0.4, -0.2) is 51.4 Å². The van der Waals surface area contributed by atoms with Crippen molar-refractivity contribution in [3.63, 3.8) is 0 Å². The molecule has 39 heavy (non-hydrogen) atoms. The maximum atomic E-state index is 13.6. The van der Waals surface area contributed by atoms with Gasteiger partial charge in [0.1, 0.15) is 17.5 Å². The van der Waals surface area contributed by atoms with Crippen LogP contribution in [0, 0.1) is 13.8 Å². The van der Waals surface area contributed by atoms with Crippen molar-refractivity contribution in [1.82, 2.24) is 25.1 Å². The van der Waals surface area contributed by atoms with E-state index >= 15 is 0 Å². The number of benzene rings is 1. The lowest BCUT2D eigenvalue weighted by Crippen LogP contribution is -2.36. The van der Waals surface area contributed by atoms with Gasteiger partial charge >= 0.3 is 5.97 Å². The Hall–Kier alpha value is -4.02. The molecule has 3 heterocycles. The van der Waals surface area contributed by atoms with E-state index in [1.807, 2.05) is 24.5 Å². The van der Waals surface area contributed by atoms with E-state index in [1.54, 1.807) is 56.4 Å². The normalized spacial score (nSPS) is 15.3. The summed E-state index contributed by atoms with van der Waals surface area (Å²) in [6.07, 6.45) is 1.59. The van der Waals surface area contributed by atoms with Crippen molar-refractivity contribution in [2.75, 3.05) is 25.1 Å². The van der Waals surface area contributed by atoms with Crippen molar-refractivity contribution in [3.05, 3.63) is 93.4 Å². The highest BCUT2D eigenvalue weighted by Gasteiger charge is 2.39. The Labute approximate surface area is 232 Å². The number of ether oxygens (including phenoxy) is 2. The summed E-state index contributed by atoms with van der Waals surface area (Å²) in [5.74, 6) is 0.192. The van der Waals surface area contributed by atoms with Crippen molar-refractivity contribution in [3.8, 4) is 0 Å². The number of nitrogens with one attached hydrogen (secondary N) is 2. The third-order valence-electron chi connectivity index (χ3n) is 6.33. The second kappa shape index (κ2) is 12.7. The minimum Gasteiger partial charge on any atom is -0.463 e. The van der Waals surface area contributed by atoms with Crippen LogP contribution in [0.25, 0.3) is 0 Å². The zero-order valence-electron chi connectivity index (χ0n) is 22.3. The van der Waals surface area contributed by atoms with Crippen LogP contribution in [0.1, 0.15) is 37.0 Å². The monoisotopic (exact) mass is 550 g/mol. The molecule has 10 nitrogen and oxygen atoms in total. The summed E-state index contributed by atoms with van der Waals surface area (Å²) in [4.78, 5) is 31.3. The van der Waals surface area contributed by atoms with E-state index in [-0.39, 0.29) is 18.8 Å². The first kappa shape index (κ1) is 28.0. The number of aromatic nitrogens is 4. The van der Waals surface area contributed by atoms with Gasteiger partial charge in [0.2, 0.25) is 0 Å². The van der Waals surface area contributed by atoms with Gasteiger partial charge in [0, 0.05) is 29.0 Å². The molecule has 0 fully saturated rings. The van der Waals surface area contributed by atoms with Gasteiger partial charge in [-0.2, -0.15) is 0 Å². The zero-order valence-corrected chi connectivity index (χ0v) is 23.1. The Morgan fingerprint density at radius 1 is 1.05 bits per heavy atom. The van der Waals surface area contributed by atoms with E-state index in [0.29, 0.717) is 46.5 Å². The maximum absolute atomic E-state index is 13.6. The molecule has 1 aliphatic rings. The predicted molar refractivity (Wildman–Crippen MR) is 147 cm³/mol. The number of esters is 1. The quantitative estimate of drug-likeness (QED) is 0.286. The van der Waals surface area contributed by atoms with E-state index in [4.69, 9.17) is 21.1 Å². The number of pyridine rings is 1. The fourth-order valence-electron chi connectivity index (χ4n) is 4.54. The molecule has 1 atom stereocenters. The minimum atomic E-state index is -0.802. The highest BCUT2D eigenvalue weighted by atomic mass is 35.5. The van der Waals surface area contributed by atoms with Gasteiger partial charge in [-0.05, 0) is 51.5 Å². The first-order valence-electron chi connectivity index (χ1n) is 12.6. The molecule has 0 radical (unpaired) electrons. The van der Waals surface area contributed by atoms with Crippen molar-refractivity contribution < 1.29 is 19.1 Å². The van der Waals surface area contributed by atoms with E-state index in [9.17, 15) is 9.59 Å². The van der Waals surface area contributed by atoms with E-state index < -0.39 is 17.8 Å². The number of dihydropyridines is 1. The summed E-state index contributed by atoms with van der Waals surface area (Å²) < 4.78 is 13.4. The van der Waals surface area contributed by atoms with Crippen LogP contribution in [0.3, 0.4) is 0 Å². The Kier molecular flexibility index (Phi) is 9.11. The predicted octanol–water partition coefficient (Wildman–Crippen LogP) is 4.08. The molecule has 0 aliphatic carbocycles. The van der Waals surface area contributed by atoms with Crippen molar-refractivity contribution >= 4 is 29.3 Å². The lowest BCUT2D eigenvalue weighted by molar-refractivity contribution is -0.138. The van der Waals surface area contributed by atoms with E-state index in [2.05, 4.69) is 25.8 Å². The lowest BCUT2D eigenvalue weighted by Gasteiger charge is -2.32. The Morgan fingerprint density at radius 3 is 2.44 bits per heavy atom. The van der Waals surface area contributed by atoms with Gasteiger partial charge in [-0.1, -0.05) is 35.9 Å². The molecule has 204 valence electrons. The standard InChI is InChI=1S/C28H31ClN6O4/c1-5-39-28(37)26-22(16-38-15-14-35-18(3)33-34-19(35)4)31-17(2)24(25(26)20-10-6-7-11-21(20)29)27(36)32-23-12-8-9-13-30-23/h6-13,25,31H,5,14-16H2,1-4H3,(H,30,32,36). The molecule has 0 spiro atoms. The van der Waals surface area contributed by atoms with Crippen LogP contribution in [-0.2, 0) is 25.6 Å². The van der Waals surface area contributed by atoms with Crippen molar-refractivity contribution in [1.29, 1.82) is 0 Å². The highest BCUT2D eigenvalue weighted by molar-refractivity contribution is 6.31. The third kappa shape index (κ3) is 6.35. The van der Waals surface area contributed by atoms with Gasteiger partial charge in [0.25, 0.3) is 5.91 Å². The maximum Gasteiger partial charge on any atom is 0.336 e. The average molecular weight is 551 g/mol. The highest BCUT2D eigenvalue weighted by Crippen LogP contribution is 2.41. The molecule has 1 aromatic carbocycles. The molecule has 4 rings (SSSR count). The minimum absolute atomic E-state index is 0.0851. The Morgan fingerprint density at radius 2 is 1.77 bits per heavy atom. The first-order valence-corrected chi connectivity index (χ1v) is 13.0. The molecule has 1 amide bonds. The number of anilines is 1. The molecule has 3 aromatic rings. The van der Waals surface area contributed by atoms with Gasteiger partial charge < -0.3 is 24.7 Å². The molecule has 1 aliphatic heterocycles. The van der Waals surface area contributed by atoms with Gasteiger partial charge in [-0.15, -0.1) is 10.2 Å². The summed E-state index contributed by atoms with van der Waals surface area (Å²) in [5, 5.41) is 14.6. The SMILES string of the molecule is CCOC(=O)C1=C(COCCn2c(C)nnc2C)NC(C)=C(C(=O)Nc2ccccn2)C1c1ccccc1Cl. The average Bonchev–Trinajstić information content (AvgIpc) is 3.23. The molecular weight excluding hydrogens is 520 g/mol. The molecule has 0 saturated heterocycles. The van der Waals surface area contributed by atoms with Gasteiger partial charge in [-0.25, -0.2) is 9.78 Å². The number of rotatable bonds is 10. The number of amides is 1. The molecule has 2 aromatic heterocycles. The van der Waals surface area contributed by atoms with Crippen LogP contribution in [0.4, 0.5) is 5.82 Å². The summed E-state index contributed by atoms with van der Waals surface area (Å²) in [6.45, 7) is 8.42. The van der Waals surface area contributed by atoms with Crippen molar-refractivity contribution in [2.45, 2.75) is 40.2 Å². The van der Waals surface area contributed by atoms with E-state index in [0.717, 1.165) is 11.6 Å². The fraction of sp³-hybridized carbons (Fsp3) is 0.321. The van der Waals surface area contributed by atoms with Crippen LogP contribution in [0.2, 0.25) is 5.02 Å². The van der Waals surface area contributed by atoms with Gasteiger partial charge in [0.15, 0.2) is 0 Å². The fourth-order valence-corrected chi connectivity index (χ4v) is 4.79. The van der Waals surface area contributed by atoms with Crippen LogP contribution in [0.5, 0.6) is 0 Å². The number of aryl methyl sites for hydroxylation is 2. The number of carbonyl (C=O) groups is 2. The number of hydrogen-bond acceptors (Lipinski definition) is 8. The van der Waals surface area contributed by atoms with Gasteiger partial charge in [0.05, 0.1) is 37.0 Å². The Balaban J connectivity index is 1.70. The summed E-state index contributed by atoms with van der Waals surface area (Å²) in [6, 6.07) is 12.4. The molecule has 1 unspecified atom stereocenters. The first-order chi connectivity index (χ1) is 18.8. The molecular formula is C28H31ClN6O4. The molecule has 11 heteroatoms. The van der Waals surface area contributed by atoms with Crippen LogP contribution >= 0.6 is 11.6 Å². The Bertz CT molecular complexity index is 1400. The third-order valence-corrected chi connectivity index (χ3v) is 6.68. The lowest BCUT2D eigenvalue weighted by atomic mass is 9.79. The molecule has 0 bridgehead atoms. The molecule has 0 saturated carbocycles.